The molecule has 0 radical (unpaired) electrons. The maximum atomic E-state index is 10.6. The molecule has 3 N–H and O–H groups in total. The van der Waals surface area contributed by atoms with Gasteiger partial charge in [-0.1, -0.05) is 36.3 Å². The SMILES string of the molecule is O=C(O)CCCC=C1C[C@@H]2[C@@H](C#CC(O)C3CCCC3)[C@H](O)CC[C@H]12. The first-order valence-electron chi connectivity index (χ1n) is 9.84. The standard InChI is InChI=1S/C21H30O4/c22-19(14-5-1-2-6-14)11-10-17-18-13-15(7-3-4-8-21(24)25)16(18)9-12-20(17)23/h7,14,16-20,22-23H,1-6,8-9,12-13H2,(H,24,25)/t16-,17-,18+,19?,20-/m1/s1. The maximum Gasteiger partial charge on any atom is 0.303 e. The first kappa shape index (κ1) is 18.5. The second-order valence-electron chi connectivity index (χ2n) is 7.99. The number of hydrogen-bond acceptors (Lipinski definition) is 3. The van der Waals surface area contributed by atoms with Gasteiger partial charge >= 0.3 is 5.97 Å². The van der Waals surface area contributed by atoms with Gasteiger partial charge in [-0.3, -0.25) is 4.79 Å². The molecule has 0 amide bonds. The van der Waals surface area contributed by atoms with Crippen LogP contribution in [0.15, 0.2) is 11.6 Å². The Morgan fingerprint density at radius 3 is 2.72 bits per heavy atom. The van der Waals surface area contributed by atoms with Crippen LogP contribution in [0.4, 0.5) is 0 Å². The third kappa shape index (κ3) is 4.46. The van der Waals surface area contributed by atoms with Gasteiger partial charge in [-0.05, 0) is 62.7 Å². The quantitative estimate of drug-likeness (QED) is 0.406. The summed E-state index contributed by atoms with van der Waals surface area (Å²) in [6.45, 7) is 0. The van der Waals surface area contributed by atoms with E-state index >= 15 is 0 Å². The van der Waals surface area contributed by atoms with Gasteiger partial charge in [0.15, 0.2) is 0 Å². The van der Waals surface area contributed by atoms with E-state index in [1.54, 1.807) is 0 Å². The number of rotatable bonds is 5. The fourth-order valence-corrected chi connectivity index (χ4v) is 4.82. The van der Waals surface area contributed by atoms with Crippen LogP contribution in [0, 0.1) is 35.5 Å². The van der Waals surface area contributed by atoms with Gasteiger partial charge in [0.2, 0.25) is 0 Å². The molecule has 5 atom stereocenters. The fourth-order valence-electron chi connectivity index (χ4n) is 4.82. The van der Waals surface area contributed by atoms with Gasteiger partial charge in [0.25, 0.3) is 0 Å². The van der Waals surface area contributed by atoms with Gasteiger partial charge in [-0.2, -0.15) is 0 Å². The number of aliphatic carboxylic acids is 1. The molecular weight excluding hydrogens is 316 g/mol. The number of carboxylic acid groups (broad SMARTS) is 1. The van der Waals surface area contributed by atoms with Crippen molar-refractivity contribution in [3.05, 3.63) is 11.6 Å². The maximum absolute atomic E-state index is 10.6. The molecule has 0 aromatic carbocycles. The summed E-state index contributed by atoms with van der Waals surface area (Å²) < 4.78 is 0. The van der Waals surface area contributed by atoms with Gasteiger partial charge in [0.05, 0.1) is 12.0 Å². The molecule has 3 aliphatic carbocycles. The number of allylic oxidation sites excluding steroid dienone is 2. The molecule has 0 spiro atoms. The van der Waals surface area contributed by atoms with Crippen molar-refractivity contribution in [2.75, 3.05) is 0 Å². The molecule has 3 fully saturated rings. The van der Waals surface area contributed by atoms with Crippen molar-refractivity contribution in [1.82, 2.24) is 0 Å². The molecule has 0 saturated heterocycles. The lowest BCUT2D eigenvalue weighted by molar-refractivity contribution is -0.137. The summed E-state index contributed by atoms with van der Waals surface area (Å²) in [6.07, 6.45) is 10.3. The minimum atomic E-state index is -0.734. The summed E-state index contributed by atoms with van der Waals surface area (Å²) in [5.74, 6) is 6.73. The zero-order chi connectivity index (χ0) is 17.8. The lowest BCUT2D eigenvalue weighted by atomic mass is 9.57. The van der Waals surface area contributed by atoms with Crippen molar-refractivity contribution in [1.29, 1.82) is 0 Å². The van der Waals surface area contributed by atoms with Crippen LogP contribution in [0.25, 0.3) is 0 Å². The lowest BCUT2D eigenvalue weighted by Crippen LogP contribution is -2.44. The van der Waals surface area contributed by atoms with E-state index in [1.807, 2.05) is 0 Å². The van der Waals surface area contributed by atoms with Gasteiger partial charge in [-0.15, -0.1) is 0 Å². The largest absolute Gasteiger partial charge is 0.481 e. The topological polar surface area (TPSA) is 77.8 Å². The molecule has 3 rings (SSSR count). The van der Waals surface area contributed by atoms with Gasteiger partial charge in [0, 0.05) is 6.42 Å². The van der Waals surface area contributed by atoms with Gasteiger partial charge in [-0.25, -0.2) is 0 Å². The highest BCUT2D eigenvalue weighted by Gasteiger charge is 2.46. The predicted molar refractivity (Wildman–Crippen MR) is 95.6 cm³/mol. The summed E-state index contributed by atoms with van der Waals surface area (Å²) in [4.78, 5) is 10.6. The Morgan fingerprint density at radius 1 is 1.24 bits per heavy atom. The Labute approximate surface area is 150 Å². The van der Waals surface area contributed by atoms with Crippen molar-refractivity contribution in [2.24, 2.45) is 23.7 Å². The summed E-state index contributed by atoms with van der Waals surface area (Å²) in [5.41, 5.74) is 1.42. The highest BCUT2D eigenvalue weighted by atomic mass is 16.4. The number of carbonyl (C=O) groups is 1. The summed E-state index contributed by atoms with van der Waals surface area (Å²) in [7, 11) is 0. The number of unbranched alkanes of at least 4 members (excludes halogenated alkanes) is 1. The molecule has 0 heterocycles. The third-order valence-corrected chi connectivity index (χ3v) is 6.36. The van der Waals surface area contributed by atoms with Gasteiger partial charge < -0.3 is 15.3 Å². The number of fused-ring (bicyclic) bond motifs is 1. The number of aliphatic hydroxyl groups is 2. The van der Waals surface area contributed by atoms with Crippen LogP contribution in [0.3, 0.4) is 0 Å². The van der Waals surface area contributed by atoms with Crippen molar-refractivity contribution in [3.63, 3.8) is 0 Å². The summed E-state index contributed by atoms with van der Waals surface area (Å²) in [6, 6.07) is 0. The van der Waals surface area contributed by atoms with E-state index in [1.165, 1.54) is 18.4 Å². The average molecular weight is 346 g/mol. The molecular formula is C21H30O4. The monoisotopic (exact) mass is 346 g/mol. The Kier molecular flexibility index (Phi) is 6.19. The third-order valence-electron chi connectivity index (χ3n) is 6.36. The molecule has 3 aliphatic rings. The smallest absolute Gasteiger partial charge is 0.303 e. The molecule has 0 aromatic rings. The first-order valence-corrected chi connectivity index (χ1v) is 9.84. The molecule has 0 aliphatic heterocycles. The molecule has 138 valence electrons. The van der Waals surface area contributed by atoms with E-state index in [0.717, 1.165) is 38.5 Å². The molecule has 1 unspecified atom stereocenters. The second kappa shape index (κ2) is 8.38. The first-order chi connectivity index (χ1) is 12.1. The predicted octanol–water partition coefficient (Wildman–Crippen LogP) is 3.13. The Bertz CT molecular complexity index is 564. The molecule has 3 saturated carbocycles. The van der Waals surface area contributed by atoms with E-state index in [0.29, 0.717) is 24.2 Å². The van der Waals surface area contributed by atoms with E-state index in [2.05, 4.69) is 17.9 Å². The highest BCUT2D eigenvalue weighted by molar-refractivity contribution is 5.66. The normalized spacial score (nSPS) is 34.7. The Hall–Kier alpha value is -1.31. The molecule has 0 bridgehead atoms. The van der Waals surface area contributed by atoms with Crippen LogP contribution in [0.2, 0.25) is 0 Å². The molecule has 25 heavy (non-hydrogen) atoms. The molecule has 4 heteroatoms. The summed E-state index contributed by atoms with van der Waals surface area (Å²) >= 11 is 0. The van der Waals surface area contributed by atoms with Crippen molar-refractivity contribution >= 4 is 5.97 Å². The number of hydrogen-bond donors (Lipinski definition) is 3. The lowest BCUT2D eigenvalue weighted by Gasteiger charge is -2.48. The number of aliphatic hydroxyl groups excluding tert-OH is 2. The zero-order valence-corrected chi connectivity index (χ0v) is 14.9. The zero-order valence-electron chi connectivity index (χ0n) is 14.9. The van der Waals surface area contributed by atoms with Crippen LogP contribution < -0.4 is 0 Å². The van der Waals surface area contributed by atoms with Gasteiger partial charge in [0.1, 0.15) is 6.10 Å². The fraction of sp³-hybridized carbons (Fsp3) is 0.762. The van der Waals surface area contributed by atoms with Crippen molar-refractivity contribution < 1.29 is 20.1 Å². The van der Waals surface area contributed by atoms with Crippen molar-refractivity contribution in [3.8, 4) is 11.8 Å². The molecule has 0 aromatic heterocycles. The van der Waals surface area contributed by atoms with E-state index in [9.17, 15) is 15.0 Å². The Balaban J connectivity index is 1.55. The number of carboxylic acids is 1. The second-order valence-corrected chi connectivity index (χ2v) is 7.99. The Morgan fingerprint density at radius 2 is 2.00 bits per heavy atom. The van der Waals surface area contributed by atoms with Crippen LogP contribution in [0.5, 0.6) is 0 Å². The van der Waals surface area contributed by atoms with E-state index in [-0.39, 0.29) is 18.4 Å². The highest BCUT2D eigenvalue weighted by Crippen LogP contribution is 2.51. The van der Waals surface area contributed by atoms with Crippen LogP contribution in [0.1, 0.15) is 64.2 Å². The van der Waals surface area contributed by atoms with Crippen molar-refractivity contribution in [2.45, 2.75) is 76.4 Å². The minimum Gasteiger partial charge on any atom is -0.481 e. The van der Waals surface area contributed by atoms with Crippen LogP contribution in [-0.4, -0.2) is 33.5 Å². The average Bonchev–Trinajstić information content (AvgIpc) is 3.09. The minimum absolute atomic E-state index is 0.0222. The van der Waals surface area contributed by atoms with Crippen LogP contribution >= 0.6 is 0 Å². The molecule has 4 nitrogen and oxygen atoms in total. The van der Waals surface area contributed by atoms with E-state index < -0.39 is 12.1 Å². The summed E-state index contributed by atoms with van der Waals surface area (Å²) in [5, 5.41) is 29.3. The van der Waals surface area contributed by atoms with E-state index in [4.69, 9.17) is 5.11 Å². The van der Waals surface area contributed by atoms with Crippen LogP contribution in [-0.2, 0) is 4.79 Å².